The fraction of sp³-hybridized carbons (Fsp3) is 0.174. The van der Waals surface area contributed by atoms with Crippen LogP contribution < -0.4 is 10.2 Å². The number of rotatable bonds is 5. The van der Waals surface area contributed by atoms with E-state index in [0.717, 1.165) is 23.8 Å². The molecule has 2 heterocycles. The van der Waals surface area contributed by atoms with Gasteiger partial charge in [0.25, 0.3) is 0 Å². The monoisotopic (exact) mass is 423 g/mol. The summed E-state index contributed by atoms with van der Waals surface area (Å²) in [5.41, 5.74) is 2.45. The number of anilines is 2. The van der Waals surface area contributed by atoms with E-state index in [9.17, 15) is 18.4 Å². The second kappa shape index (κ2) is 8.51. The highest BCUT2D eigenvalue weighted by Crippen LogP contribution is 2.33. The lowest BCUT2D eigenvalue weighted by molar-refractivity contribution is -0.117. The first-order chi connectivity index (χ1) is 15.0. The predicted molar refractivity (Wildman–Crippen MR) is 112 cm³/mol. The summed E-state index contributed by atoms with van der Waals surface area (Å²) in [5.74, 6) is -1.38. The van der Waals surface area contributed by atoms with Crippen LogP contribution in [0.2, 0.25) is 0 Å². The van der Waals surface area contributed by atoms with Gasteiger partial charge >= 0.3 is 5.97 Å². The van der Waals surface area contributed by atoms with Gasteiger partial charge in [-0.1, -0.05) is 12.1 Å². The van der Waals surface area contributed by atoms with Crippen molar-refractivity contribution in [3.8, 4) is 11.1 Å². The largest absolute Gasteiger partial charge is 0.462 e. The van der Waals surface area contributed by atoms with Crippen LogP contribution in [0.1, 0.15) is 22.8 Å². The van der Waals surface area contributed by atoms with E-state index in [0.29, 0.717) is 22.6 Å². The SMILES string of the molecule is CCOC(=O)c1ccc(-c2cnc3c(c2)N(Cc2cc(F)ccc2F)C(=O)CN3)cc1. The molecule has 4 rings (SSSR count). The van der Waals surface area contributed by atoms with Crippen molar-refractivity contribution in [2.45, 2.75) is 13.5 Å². The van der Waals surface area contributed by atoms with Crippen molar-refractivity contribution in [1.82, 2.24) is 4.98 Å². The number of halogens is 2. The number of amides is 1. The van der Waals surface area contributed by atoms with Crippen molar-refractivity contribution in [3.63, 3.8) is 0 Å². The van der Waals surface area contributed by atoms with Crippen molar-refractivity contribution in [2.75, 3.05) is 23.4 Å². The molecule has 0 unspecified atom stereocenters. The Morgan fingerprint density at radius 3 is 2.65 bits per heavy atom. The highest BCUT2D eigenvalue weighted by Gasteiger charge is 2.26. The van der Waals surface area contributed by atoms with E-state index in [1.54, 1.807) is 43.5 Å². The first kappa shape index (κ1) is 20.5. The van der Waals surface area contributed by atoms with Gasteiger partial charge in [-0.25, -0.2) is 18.6 Å². The summed E-state index contributed by atoms with van der Waals surface area (Å²) >= 11 is 0. The van der Waals surface area contributed by atoms with E-state index >= 15 is 0 Å². The average Bonchev–Trinajstić information content (AvgIpc) is 2.78. The zero-order valence-corrected chi connectivity index (χ0v) is 16.7. The molecule has 0 atom stereocenters. The van der Waals surface area contributed by atoms with Crippen molar-refractivity contribution >= 4 is 23.4 Å². The van der Waals surface area contributed by atoms with Crippen molar-refractivity contribution in [1.29, 1.82) is 0 Å². The second-order valence-electron chi connectivity index (χ2n) is 6.96. The van der Waals surface area contributed by atoms with Crippen LogP contribution in [0, 0.1) is 11.6 Å². The number of hydrogen-bond acceptors (Lipinski definition) is 5. The minimum absolute atomic E-state index is 0.00448. The second-order valence-corrected chi connectivity index (χ2v) is 6.96. The van der Waals surface area contributed by atoms with Gasteiger partial charge in [0.05, 0.1) is 30.9 Å². The topological polar surface area (TPSA) is 71.5 Å². The van der Waals surface area contributed by atoms with Crippen LogP contribution in [0.4, 0.5) is 20.3 Å². The Labute approximate surface area is 177 Å². The smallest absolute Gasteiger partial charge is 0.338 e. The van der Waals surface area contributed by atoms with Gasteiger partial charge in [0.15, 0.2) is 5.82 Å². The van der Waals surface area contributed by atoms with E-state index in [4.69, 9.17) is 4.74 Å². The molecule has 158 valence electrons. The lowest BCUT2D eigenvalue weighted by Crippen LogP contribution is -2.40. The molecule has 6 nitrogen and oxygen atoms in total. The van der Waals surface area contributed by atoms with E-state index in [-0.39, 0.29) is 31.2 Å². The van der Waals surface area contributed by atoms with Crippen LogP contribution >= 0.6 is 0 Å². The number of carbonyl (C=O) groups excluding carboxylic acids is 2. The van der Waals surface area contributed by atoms with Gasteiger partial charge in [-0.15, -0.1) is 0 Å². The predicted octanol–water partition coefficient (Wildman–Crippen LogP) is 4.16. The fourth-order valence-corrected chi connectivity index (χ4v) is 3.36. The van der Waals surface area contributed by atoms with Crippen LogP contribution in [0.3, 0.4) is 0 Å². The minimum atomic E-state index is -0.590. The Hall–Kier alpha value is -3.81. The molecule has 2 aromatic carbocycles. The molecule has 1 amide bonds. The summed E-state index contributed by atoms with van der Waals surface area (Å²) in [7, 11) is 0. The van der Waals surface area contributed by atoms with E-state index in [1.807, 2.05) is 0 Å². The summed E-state index contributed by atoms with van der Waals surface area (Å²) in [6, 6.07) is 11.7. The Morgan fingerprint density at radius 1 is 1.13 bits per heavy atom. The Kier molecular flexibility index (Phi) is 5.62. The molecular weight excluding hydrogens is 404 g/mol. The number of fused-ring (bicyclic) bond motifs is 1. The van der Waals surface area contributed by atoms with Crippen LogP contribution in [-0.2, 0) is 16.1 Å². The molecule has 0 fully saturated rings. The maximum atomic E-state index is 14.2. The van der Waals surface area contributed by atoms with Gasteiger partial charge < -0.3 is 15.0 Å². The third kappa shape index (κ3) is 4.23. The molecule has 0 aliphatic carbocycles. The van der Waals surface area contributed by atoms with Crippen molar-refractivity contribution in [3.05, 3.63) is 77.5 Å². The van der Waals surface area contributed by atoms with Gasteiger partial charge in [-0.05, 0) is 48.9 Å². The number of pyridine rings is 1. The number of aromatic nitrogens is 1. The van der Waals surface area contributed by atoms with Crippen LogP contribution in [-0.4, -0.2) is 30.0 Å². The highest BCUT2D eigenvalue weighted by atomic mass is 19.1. The summed E-state index contributed by atoms with van der Waals surface area (Å²) in [4.78, 5) is 30.2. The first-order valence-electron chi connectivity index (χ1n) is 9.72. The van der Waals surface area contributed by atoms with E-state index in [1.165, 1.54) is 4.90 Å². The number of nitrogens with zero attached hydrogens (tertiary/aromatic N) is 2. The van der Waals surface area contributed by atoms with Gasteiger partial charge in [0.1, 0.15) is 11.6 Å². The Balaban J connectivity index is 1.66. The zero-order chi connectivity index (χ0) is 22.0. The molecule has 1 aliphatic heterocycles. The molecule has 0 saturated carbocycles. The molecule has 0 saturated heterocycles. The molecule has 1 N–H and O–H groups in total. The Bertz CT molecular complexity index is 1150. The van der Waals surface area contributed by atoms with Gasteiger partial charge in [0, 0.05) is 17.3 Å². The summed E-state index contributed by atoms with van der Waals surface area (Å²) in [6.07, 6.45) is 1.64. The van der Waals surface area contributed by atoms with Crippen LogP contribution in [0.5, 0.6) is 0 Å². The summed E-state index contributed by atoms with van der Waals surface area (Å²) in [6.45, 7) is 1.91. The summed E-state index contributed by atoms with van der Waals surface area (Å²) in [5, 5.41) is 2.94. The number of esters is 1. The normalized spacial score (nSPS) is 12.9. The van der Waals surface area contributed by atoms with Gasteiger partial charge in [0.2, 0.25) is 5.91 Å². The quantitative estimate of drug-likeness (QED) is 0.624. The third-order valence-corrected chi connectivity index (χ3v) is 4.93. The molecule has 0 spiro atoms. The maximum Gasteiger partial charge on any atom is 0.338 e. The van der Waals surface area contributed by atoms with Crippen LogP contribution in [0.25, 0.3) is 11.1 Å². The molecule has 1 aliphatic rings. The maximum absolute atomic E-state index is 14.2. The highest BCUT2D eigenvalue weighted by molar-refractivity contribution is 6.02. The minimum Gasteiger partial charge on any atom is -0.462 e. The molecule has 3 aromatic rings. The molecule has 0 radical (unpaired) electrons. The molecule has 0 bridgehead atoms. The fourth-order valence-electron chi connectivity index (χ4n) is 3.36. The van der Waals surface area contributed by atoms with Gasteiger partial charge in [-0.2, -0.15) is 0 Å². The average molecular weight is 423 g/mol. The first-order valence-corrected chi connectivity index (χ1v) is 9.72. The van der Waals surface area contributed by atoms with Crippen molar-refractivity contribution < 1.29 is 23.1 Å². The van der Waals surface area contributed by atoms with Gasteiger partial charge in [-0.3, -0.25) is 4.79 Å². The molecule has 1 aromatic heterocycles. The third-order valence-electron chi connectivity index (χ3n) is 4.93. The van der Waals surface area contributed by atoms with E-state index < -0.39 is 17.6 Å². The number of nitrogens with one attached hydrogen (secondary N) is 1. The molecule has 31 heavy (non-hydrogen) atoms. The number of ether oxygens (including phenoxy) is 1. The number of hydrogen-bond donors (Lipinski definition) is 1. The number of carbonyl (C=O) groups is 2. The van der Waals surface area contributed by atoms with Crippen molar-refractivity contribution in [2.24, 2.45) is 0 Å². The van der Waals surface area contributed by atoms with Crippen LogP contribution in [0.15, 0.2) is 54.7 Å². The summed E-state index contributed by atoms with van der Waals surface area (Å²) < 4.78 is 32.7. The molecule has 8 heteroatoms. The standard InChI is InChI=1S/C23H19F2N3O3/c1-2-31-23(30)15-5-3-14(4-6-15)16-10-20-22(26-11-16)27-12-21(29)28(20)13-17-9-18(24)7-8-19(17)25/h3-11H,2,12-13H2,1H3,(H,26,27). The van der Waals surface area contributed by atoms with E-state index in [2.05, 4.69) is 10.3 Å². The number of benzene rings is 2. The zero-order valence-electron chi connectivity index (χ0n) is 16.7. The lowest BCUT2D eigenvalue weighted by atomic mass is 10.0. The lowest BCUT2D eigenvalue weighted by Gasteiger charge is -2.30. The molecular formula is C23H19F2N3O3. The Morgan fingerprint density at radius 2 is 1.90 bits per heavy atom.